The van der Waals surface area contributed by atoms with Crippen molar-refractivity contribution in [3.63, 3.8) is 0 Å². The highest BCUT2D eigenvalue weighted by molar-refractivity contribution is 5.87. The van der Waals surface area contributed by atoms with Gasteiger partial charge >= 0.3 is 5.97 Å². The van der Waals surface area contributed by atoms with Crippen LogP contribution in [0.5, 0.6) is 5.75 Å². The van der Waals surface area contributed by atoms with Crippen molar-refractivity contribution in [3.05, 3.63) is 89.5 Å². The molecule has 1 aromatic carbocycles. The second kappa shape index (κ2) is 8.21. The van der Waals surface area contributed by atoms with Gasteiger partial charge in [0.05, 0.1) is 23.1 Å². The molecule has 0 aliphatic rings. The molecule has 0 bridgehead atoms. The molecule has 0 aliphatic heterocycles. The van der Waals surface area contributed by atoms with Gasteiger partial charge in [-0.25, -0.2) is 4.79 Å². The van der Waals surface area contributed by atoms with Crippen molar-refractivity contribution in [2.75, 3.05) is 0 Å². The summed E-state index contributed by atoms with van der Waals surface area (Å²) < 4.78 is 5.78. The number of carboxylic acid groups (broad SMARTS) is 1. The van der Waals surface area contributed by atoms with Crippen LogP contribution < -0.4 is 4.74 Å². The van der Waals surface area contributed by atoms with Crippen molar-refractivity contribution in [1.82, 2.24) is 9.97 Å². The molecule has 2 heterocycles. The summed E-state index contributed by atoms with van der Waals surface area (Å²) in [7, 11) is 0. The maximum atomic E-state index is 11.1. The summed E-state index contributed by atoms with van der Waals surface area (Å²) in [4.78, 5) is 20.0. The Morgan fingerprint density at radius 3 is 2.36 bits per heavy atom. The number of pyridine rings is 2. The molecule has 1 atom stereocenters. The average molecular weight is 376 g/mol. The van der Waals surface area contributed by atoms with E-state index >= 15 is 0 Å². The van der Waals surface area contributed by atoms with E-state index in [1.54, 1.807) is 24.5 Å². The second-order valence-corrected chi connectivity index (χ2v) is 7.23. The monoisotopic (exact) mass is 376 g/mol. The number of hydrogen-bond donors (Lipinski definition) is 1. The third-order valence-corrected chi connectivity index (χ3v) is 5.27. The van der Waals surface area contributed by atoms with E-state index in [1.165, 1.54) is 0 Å². The lowest BCUT2D eigenvalue weighted by Crippen LogP contribution is -2.31. The molecule has 2 aromatic heterocycles. The zero-order valence-electron chi connectivity index (χ0n) is 16.3. The Hall–Kier alpha value is -3.21. The molecule has 5 nitrogen and oxygen atoms in total. The molecule has 0 aliphatic carbocycles. The van der Waals surface area contributed by atoms with Gasteiger partial charge in [-0.3, -0.25) is 9.97 Å². The number of aromatic nitrogens is 2. The minimum Gasteiger partial charge on any atom is -0.486 e. The largest absolute Gasteiger partial charge is 0.486 e. The van der Waals surface area contributed by atoms with Crippen molar-refractivity contribution in [2.45, 2.75) is 32.8 Å². The van der Waals surface area contributed by atoms with Crippen LogP contribution in [0, 0.1) is 5.92 Å². The third-order valence-electron chi connectivity index (χ3n) is 5.27. The molecule has 144 valence electrons. The van der Waals surface area contributed by atoms with E-state index < -0.39 is 5.97 Å². The summed E-state index contributed by atoms with van der Waals surface area (Å²) in [6, 6.07) is 16.6. The van der Waals surface area contributed by atoms with Gasteiger partial charge in [0.15, 0.2) is 0 Å². The Morgan fingerprint density at radius 2 is 1.82 bits per heavy atom. The van der Waals surface area contributed by atoms with Crippen LogP contribution in [0.15, 0.2) is 67.0 Å². The van der Waals surface area contributed by atoms with E-state index in [2.05, 4.69) is 30.7 Å². The molecule has 1 N–H and O–H groups in total. The number of aromatic carboxylic acids is 1. The van der Waals surface area contributed by atoms with Crippen LogP contribution in [0.25, 0.3) is 0 Å². The summed E-state index contributed by atoms with van der Waals surface area (Å²) >= 11 is 0. The van der Waals surface area contributed by atoms with Gasteiger partial charge < -0.3 is 9.84 Å². The fraction of sp³-hybridized carbons (Fsp3) is 0.261. The summed E-state index contributed by atoms with van der Waals surface area (Å²) in [5, 5.41) is 9.14. The van der Waals surface area contributed by atoms with Crippen LogP contribution in [0.1, 0.15) is 48.1 Å². The van der Waals surface area contributed by atoms with Gasteiger partial charge in [-0.05, 0) is 54.8 Å². The topological polar surface area (TPSA) is 72.3 Å². The lowest BCUT2D eigenvalue weighted by molar-refractivity contribution is 0.0697. The SMILES string of the molecule is CC(C)C(C)(c1ccc(C(=O)O)cc1)c1ccc(OCc2ccccn2)cn1. The number of rotatable bonds is 7. The summed E-state index contributed by atoms with van der Waals surface area (Å²) in [6.45, 7) is 6.79. The lowest BCUT2D eigenvalue weighted by atomic mass is 9.70. The predicted molar refractivity (Wildman–Crippen MR) is 107 cm³/mol. The Bertz CT molecular complexity index is 922. The van der Waals surface area contributed by atoms with Crippen molar-refractivity contribution >= 4 is 5.97 Å². The van der Waals surface area contributed by atoms with E-state index in [0.717, 1.165) is 17.0 Å². The Balaban J connectivity index is 1.82. The number of hydrogen-bond acceptors (Lipinski definition) is 4. The zero-order chi connectivity index (χ0) is 20.1. The first-order chi connectivity index (χ1) is 13.4. The van der Waals surface area contributed by atoms with Gasteiger partial charge in [-0.1, -0.05) is 32.0 Å². The van der Waals surface area contributed by atoms with Crippen LogP contribution in [-0.4, -0.2) is 21.0 Å². The van der Waals surface area contributed by atoms with Crippen LogP contribution in [0.4, 0.5) is 0 Å². The summed E-state index contributed by atoms with van der Waals surface area (Å²) in [5.74, 6) is 0.0167. The van der Waals surface area contributed by atoms with E-state index in [1.807, 2.05) is 42.5 Å². The van der Waals surface area contributed by atoms with Crippen LogP contribution >= 0.6 is 0 Å². The van der Waals surface area contributed by atoms with E-state index in [9.17, 15) is 4.79 Å². The van der Waals surface area contributed by atoms with Gasteiger partial charge in [0.25, 0.3) is 0 Å². The van der Waals surface area contributed by atoms with Crippen molar-refractivity contribution in [2.24, 2.45) is 5.92 Å². The molecular formula is C23H24N2O3. The molecule has 0 saturated heterocycles. The van der Waals surface area contributed by atoms with E-state index in [0.29, 0.717) is 12.4 Å². The number of carbonyl (C=O) groups is 1. The number of carboxylic acids is 1. The molecule has 0 amide bonds. The van der Waals surface area contributed by atoms with Crippen LogP contribution in [-0.2, 0) is 12.0 Å². The Morgan fingerprint density at radius 1 is 1.07 bits per heavy atom. The average Bonchev–Trinajstić information content (AvgIpc) is 2.72. The van der Waals surface area contributed by atoms with Crippen LogP contribution in [0.3, 0.4) is 0 Å². The van der Waals surface area contributed by atoms with E-state index in [4.69, 9.17) is 9.84 Å². The first-order valence-corrected chi connectivity index (χ1v) is 9.24. The lowest BCUT2D eigenvalue weighted by Gasteiger charge is -2.34. The molecule has 0 spiro atoms. The Labute approximate surface area is 165 Å². The van der Waals surface area contributed by atoms with Crippen molar-refractivity contribution in [3.8, 4) is 5.75 Å². The molecule has 28 heavy (non-hydrogen) atoms. The minimum absolute atomic E-state index is 0.260. The number of ether oxygens (including phenoxy) is 1. The summed E-state index contributed by atoms with van der Waals surface area (Å²) in [5.41, 5.74) is 2.73. The van der Waals surface area contributed by atoms with Crippen LogP contribution in [0.2, 0.25) is 0 Å². The normalized spacial score (nSPS) is 13.1. The minimum atomic E-state index is -0.926. The summed E-state index contributed by atoms with van der Waals surface area (Å²) in [6.07, 6.45) is 3.47. The highest BCUT2D eigenvalue weighted by Gasteiger charge is 2.34. The van der Waals surface area contributed by atoms with E-state index in [-0.39, 0.29) is 16.9 Å². The first kappa shape index (κ1) is 19.5. The standard InChI is InChI=1S/C23H24N2O3/c1-16(2)23(3,18-9-7-17(8-10-18)22(26)27)21-12-11-20(14-25-21)28-15-19-6-4-5-13-24-19/h4-14,16H,15H2,1-3H3,(H,26,27). The highest BCUT2D eigenvalue weighted by Crippen LogP contribution is 2.38. The molecule has 3 aromatic rings. The van der Waals surface area contributed by atoms with Gasteiger partial charge in [-0.15, -0.1) is 0 Å². The molecular weight excluding hydrogens is 352 g/mol. The van der Waals surface area contributed by atoms with Gasteiger partial charge in [0.2, 0.25) is 0 Å². The highest BCUT2D eigenvalue weighted by atomic mass is 16.5. The molecule has 0 fully saturated rings. The maximum absolute atomic E-state index is 11.1. The second-order valence-electron chi connectivity index (χ2n) is 7.23. The third kappa shape index (κ3) is 4.03. The number of benzene rings is 1. The van der Waals surface area contributed by atoms with Crippen molar-refractivity contribution in [1.29, 1.82) is 0 Å². The smallest absolute Gasteiger partial charge is 0.335 e. The fourth-order valence-electron chi connectivity index (χ4n) is 3.15. The molecule has 1 unspecified atom stereocenters. The molecule has 0 radical (unpaired) electrons. The fourth-order valence-corrected chi connectivity index (χ4v) is 3.15. The first-order valence-electron chi connectivity index (χ1n) is 9.24. The van der Waals surface area contributed by atoms with Gasteiger partial charge in [0.1, 0.15) is 12.4 Å². The number of nitrogens with zero attached hydrogens (tertiary/aromatic N) is 2. The molecule has 0 saturated carbocycles. The molecule has 3 rings (SSSR count). The van der Waals surface area contributed by atoms with Gasteiger partial charge in [-0.2, -0.15) is 0 Å². The quantitative estimate of drug-likeness (QED) is 0.646. The predicted octanol–water partition coefficient (Wildman–Crippen LogP) is 4.72. The maximum Gasteiger partial charge on any atom is 0.335 e. The zero-order valence-corrected chi connectivity index (χ0v) is 16.3. The Kier molecular flexibility index (Phi) is 5.73. The van der Waals surface area contributed by atoms with Gasteiger partial charge in [0, 0.05) is 11.6 Å². The molecule has 5 heteroatoms. The van der Waals surface area contributed by atoms with Crippen molar-refractivity contribution < 1.29 is 14.6 Å².